The number of halogens is 1. The summed E-state index contributed by atoms with van der Waals surface area (Å²) in [6.07, 6.45) is 3.93. The van der Waals surface area contributed by atoms with Crippen LogP contribution in [0.2, 0.25) is 0 Å². The van der Waals surface area contributed by atoms with E-state index in [4.69, 9.17) is 9.72 Å². The minimum absolute atomic E-state index is 0.103. The van der Waals surface area contributed by atoms with Crippen LogP contribution >= 0.6 is 22.6 Å². The summed E-state index contributed by atoms with van der Waals surface area (Å²) in [7, 11) is 1.62. The predicted molar refractivity (Wildman–Crippen MR) is 139 cm³/mol. The molecule has 5 rings (SSSR count). The maximum absolute atomic E-state index is 13.5. The van der Waals surface area contributed by atoms with Gasteiger partial charge in [0.15, 0.2) is 0 Å². The number of para-hydroxylation sites is 1. The smallest absolute Gasteiger partial charge is 0.266 e. The van der Waals surface area contributed by atoms with E-state index in [-0.39, 0.29) is 5.56 Å². The van der Waals surface area contributed by atoms with Gasteiger partial charge in [0.1, 0.15) is 11.6 Å². The number of nitrogens with one attached hydrogen (secondary N) is 1. The average molecular weight is 533 g/mol. The Kier molecular flexibility index (Phi) is 5.30. The number of hydrogen-bond acceptors (Lipinski definition) is 3. The molecular weight excluding hydrogens is 513 g/mol. The average Bonchev–Trinajstić information content (AvgIpc) is 3.13. The van der Waals surface area contributed by atoms with Crippen LogP contribution in [0.5, 0.6) is 5.75 Å². The van der Waals surface area contributed by atoms with Gasteiger partial charge < -0.3 is 9.72 Å². The number of nitrogens with zero attached hydrogens (tertiary/aromatic N) is 2. The van der Waals surface area contributed by atoms with Crippen molar-refractivity contribution in [3.63, 3.8) is 0 Å². The van der Waals surface area contributed by atoms with Gasteiger partial charge in [-0.1, -0.05) is 18.2 Å². The maximum atomic E-state index is 13.5. The van der Waals surface area contributed by atoms with Gasteiger partial charge in [-0.3, -0.25) is 9.36 Å². The lowest BCUT2D eigenvalue weighted by molar-refractivity contribution is 0.414. The number of benzene rings is 3. The number of aromatic amines is 1. The van der Waals surface area contributed by atoms with Crippen LogP contribution in [-0.4, -0.2) is 21.6 Å². The number of aryl methyl sites for hydroxylation is 1. The number of H-pyrrole nitrogens is 1. The second kappa shape index (κ2) is 8.27. The summed E-state index contributed by atoms with van der Waals surface area (Å²) in [5.41, 5.74) is 4.54. The van der Waals surface area contributed by atoms with Crippen LogP contribution in [0.25, 0.3) is 39.6 Å². The summed E-state index contributed by atoms with van der Waals surface area (Å²) >= 11 is 2.21. The van der Waals surface area contributed by atoms with Crippen molar-refractivity contribution in [1.29, 1.82) is 0 Å². The molecule has 0 fully saturated rings. The molecule has 158 valence electrons. The third-order valence-corrected chi connectivity index (χ3v) is 6.20. The standard InChI is InChI=1S/C26H20IN3O2/c1-16-20(21-5-3-4-6-23(21)28-16)12-14-25-29-24-13-7-17(27)15-22(24)26(31)30(25)18-8-10-19(32-2)11-9-18/h3-15,28H,1-2H3. The zero-order valence-electron chi connectivity index (χ0n) is 17.6. The minimum Gasteiger partial charge on any atom is -0.497 e. The molecule has 0 aliphatic carbocycles. The number of methoxy groups -OCH3 is 1. The zero-order valence-corrected chi connectivity index (χ0v) is 19.8. The van der Waals surface area contributed by atoms with Crippen LogP contribution in [0.15, 0.2) is 71.5 Å². The molecule has 0 unspecified atom stereocenters. The molecule has 6 heteroatoms. The van der Waals surface area contributed by atoms with Gasteiger partial charge in [0.2, 0.25) is 0 Å². The lowest BCUT2D eigenvalue weighted by Gasteiger charge is -2.12. The van der Waals surface area contributed by atoms with E-state index in [1.807, 2.05) is 73.7 Å². The van der Waals surface area contributed by atoms with Crippen LogP contribution < -0.4 is 10.3 Å². The fraction of sp³-hybridized carbons (Fsp3) is 0.0769. The minimum atomic E-state index is -0.103. The topological polar surface area (TPSA) is 59.9 Å². The first kappa shape index (κ1) is 20.5. The molecule has 32 heavy (non-hydrogen) atoms. The molecule has 0 saturated heterocycles. The van der Waals surface area contributed by atoms with Crippen molar-refractivity contribution in [2.24, 2.45) is 0 Å². The van der Waals surface area contributed by atoms with Crippen LogP contribution in [0.1, 0.15) is 17.1 Å². The quantitative estimate of drug-likeness (QED) is 0.290. The third kappa shape index (κ3) is 3.60. The molecule has 1 N–H and O–H groups in total. The molecule has 0 saturated carbocycles. The van der Waals surface area contributed by atoms with Crippen LogP contribution in [0.3, 0.4) is 0 Å². The van der Waals surface area contributed by atoms with Crippen molar-refractivity contribution >= 4 is 56.5 Å². The van der Waals surface area contributed by atoms with E-state index in [2.05, 4.69) is 39.7 Å². The molecule has 2 aromatic heterocycles. The lowest BCUT2D eigenvalue weighted by Crippen LogP contribution is -2.22. The highest BCUT2D eigenvalue weighted by molar-refractivity contribution is 14.1. The summed E-state index contributed by atoms with van der Waals surface area (Å²) in [4.78, 5) is 21.8. The fourth-order valence-corrected chi connectivity index (χ4v) is 4.43. The van der Waals surface area contributed by atoms with Gasteiger partial charge in [0.05, 0.1) is 23.7 Å². The lowest BCUT2D eigenvalue weighted by atomic mass is 10.1. The molecular formula is C26H20IN3O2. The van der Waals surface area contributed by atoms with Crippen molar-refractivity contribution < 1.29 is 4.74 Å². The summed E-state index contributed by atoms with van der Waals surface area (Å²) in [5, 5.41) is 1.73. The molecule has 5 nitrogen and oxygen atoms in total. The van der Waals surface area contributed by atoms with Crippen molar-refractivity contribution in [2.45, 2.75) is 6.92 Å². The number of ether oxygens (including phenoxy) is 1. The number of aromatic nitrogens is 3. The molecule has 5 aromatic rings. The highest BCUT2D eigenvalue weighted by Gasteiger charge is 2.13. The predicted octanol–water partition coefficient (Wildman–Crippen LogP) is 5.96. The van der Waals surface area contributed by atoms with Gasteiger partial charge in [-0.15, -0.1) is 0 Å². The van der Waals surface area contributed by atoms with Gasteiger partial charge in [-0.2, -0.15) is 0 Å². The van der Waals surface area contributed by atoms with Crippen molar-refractivity contribution in [1.82, 2.24) is 14.5 Å². The second-order valence-electron chi connectivity index (χ2n) is 7.51. The maximum Gasteiger partial charge on any atom is 0.266 e. The van der Waals surface area contributed by atoms with Gasteiger partial charge >= 0.3 is 0 Å². The summed E-state index contributed by atoms with van der Waals surface area (Å²) in [5.74, 6) is 1.30. The van der Waals surface area contributed by atoms with E-state index in [0.717, 1.165) is 37.2 Å². The molecule has 2 heterocycles. The van der Waals surface area contributed by atoms with E-state index < -0.39 is 0 Å². The summed E-state index contributed by atoms with van der Waals surface area (Å²) in [6.45, 7) is 2.05. The normalized spacial score (nSPS) is 11.6. The Bertz CT molecular complexity index is 1550. The SMILES string of the molecule is COc1ccc(-n2c(C=Cc3c(C)[nH]c4ccccc34)nc3ccc(I)cc3c2=O)cc1. The summed E-state index contributed by atoms with van der Waals surface area (Å²) < 4.78 is 7.93. The monoisotopic (exact) mass is 533 g/mol. The third-order valence-electron chi connectivity index (χ3n) is 5.53. The molecule has 0 amide bonds. The van der Waals surface area contributed by atoms with Crippen LogP contribution in [0.4, 0.5) is 0 Å². The molecule has 0 aliphatic rings. The molecule has 0 spiro atoms. The zero-order chi connectivity index (χ0) is 22.2. The van der Waals surface area contributed by atoms with Gasteiger partial charge in [0, 0.05) is 25.7 Å². The largest absolute Gasteiger partial charge is 0.497 e. The Morgan fingerprint density at radius 1 is 1.00 bits per heavy atom. The van der Waals surface area contributed by atoms with Crippen molar-refractivity contribution in [2.75, 3.05) is 7.11 Å². The Labute approximate surface area is 198 Å². The van der Waals surface area contributed by atoms with E-state index in [9.17, 15) is 4.79 Å². The van der Waals surface area contributed by atoms with Gasteiger partial charge in [-0.25, -0.2) is 4.98 Å². The van der Waals surface area contributed by atoms with E-state index in [1.54, 1.807) is 11.7 Å². The first-order valence-corrected chi connectivity index (χ1v) is 11.2. The Balaban J connectivity index is 1.73. The van der Waals surface area contributed by atoms with Gasteiger partial charge in [-0.05, 0) is 90.2 Å². The van der Waals surface area contributed by atoms with Crippen molar-refractivity contribution in [3.8, 4) is 11.4 Å². The van der Waals surface area contributed by atoms with Crippen molar-refractivity contribution in [3.05, 3.63) is 97.7 Å². The van der Waals surface area contributed by atoms with E-state index >= 15 is 0 Å². The molecule has 0 bridgehead atoms. The van der Waals surface area contributed by atoms with Gasteiger partial charge in [0.25, 0.3) is 5.56 Å². The number of fused-ring (bicyclic) bond motifs is 2. The molecule has 0 radical (unpaired) electrons. The highest BCUT2D eigenvalue weighted by atomic mass is 127. The number of rotatable bonds is 4. The Hall–Kier alpha value is -3.39. The highest BCUT2D eigenvalue weighted by Crippen LogP contribution is 2.25. The Morgan fingerprint density at radius 2 is 1.78 bits per heavy atom. The first-order valence-electron chi connectivity index (χ1n) is 10.2. The van der Waals surface area contributed by atoms with E-state index in [0.29, 0.717) is 16.7 Å². The second-order valence-corrected chi connectivity index (χ2v) is 8.76. The van der Waals surface area contributed by atoms with E-state index in [1.165, 1.54) is 0 Å². The molecule has 3 aromatic carbocycles. The summed E-state index contributed by atoms with van der Waals surface area (Å²) in [6, 6.07) is 21.4. The fourth-order valence-electron chi connectivity index (χ4n) is 3.94. The van der Waals surface area contributed by atoms with Crippen LogP contribution in [-0.2, 0) is 0 Å². The van der Waals surface area contributed by atoms with Crippen LogP contribution in [0, 0.1) is 10.5 Å². The molecule has 0 atom stereocenters. The number of hydrogen-bond donors (Lipinski definition) is 1. The molecule has 0 aliphatic heterocycles. The Morgan fingerprint density at radius 3 is 2.56 bits per heavy atom. The first-order chi connectivity index (χ1) is 15.5.